The molecule has 0 radical (unpaired) electrons. The summed E-state index contributed by atoms with van der Waals surface area (Å²) in [6.07, 6.45) is 0.853. The van der Waals surface area contributed by atoms with Crippen LogP contribution in [0.4, 0.5) is 28.4 Å². The summed E-state index contributed by atoms with van der Waals surface area (Å²) in [5.41, 5.74) is 22.5. The second kappa shape index (κ2) is 7.47. The van der Waals surface area contributed by atoms with Crippen molar-refractivity contribution in [2.45, 2.75) is 26.7 Å². The molecule has 1 heterocycles. The molecule has 156 valence electrons. The Kier molecular flexibility index (Phi) is 5.10. The lowest BCUT2D eigenvalue weighted by Crippen LogP contribution is -2.21. The fourth-order valence-corrected chi connectivity index (χ4v) is 4.55. The summed E-state index contributed by atoms with van der Waals surface area (Å²) < 4.78 is 11.2. The predicted octanol–water partition coefficient (Wildman–Crippen LogP) is 4.56. The smallest absolute Gasteiger partial charge is 0.325 e. The van der Waals surface area contributed by atoms with Crippen molar-refractivity contribution in [3.8, 4) is 0 Å². The minimum absolute atomic E-state index is 0.159. The summed E-state index contributed by atoms with van der Waals surface area (Å²) in [4.78, 5) is 20.4. The predicted molar refractivity (Wildman–Crippen MR) is 123 cm³/mol. The molecule has 0 saturated carbocycles. The van der Waals surface area contributed by atoms with Gasteiger partial charge in [0.1, 0.15) is 0 Å². The highest BCUT2D eigenvalue weighted by Crippen LogP contribution is 2.48. The van der Waals surface area contributed by atoms with E-state index in [-0.39, 0.29) is 6.16 Å². The Morgan fingerprint density at radius 3 is 1.83 bits per heavy atom. The maximum Gasteiger partial charge on any atom is 0.325 e. The minimum Gasteiger partial charge on any atom is -0.398 e. The van der Waals surface area contributed by atoms with Crippen LogP contribution in [-0.2, 0) is 17.4 Å². The summed E-state index contributed by atoms with van der Waals surface area (Å²) >= 11 is 0. The van der Waals surface area contributed by atoms with Crippen LogP contribution in [0.25, 0.3) is 0 Å². The number of nitrogens with two attached hydrogens (primary N) is 2. The zero-order chi connectivity index (χ0) is 21.6. The maximum absolute atomic E-state index is 11.2. The molecule has 0 spiro atoms. The average Bonchev–Trinajstić information content (AvgIpc) is 2.71. The first-order chi connectivity index (χ1) is 14.2. The monoisotopic (exact) mass is 423 g/mol. The number of benzene rings is 3. The van der Waals surface area contributed by atoms with Gasteiger partial charge in [-0.1, -0.05) is 24.3 Å². The van der Waals surface area contributed by atoms with Crippen molar-refractivity contribution in [3.05, 3.63) is 76.3 Å². The third-order valence-corrected chi connectivity index (χ3v) is 6.63. The van der Waals surface area contributed by atoms with Gasteiger partial charge in [0.25, 0.3) is 0 Å². The van der Waals surface area contributed by atoms with Crippen molar-refractivity contribution in [1.82, 2.24) is 0 Å². The van der Waals surface area contributed by atoms with Gasteiger partial charge in [0, 0.05) is 34.6 Å². The van der Waals surface area contributed by atoms with Crippen LogP contribution >= 0.6 is 7.60 Å². The molecule has 0 unspecified atom stereocenters. The first-order valence-electron chi connectivity index (χ1n) is 9.85. The summed E-state index contributed by atoms with van der Waals surface area (Å²) in [5, 5.41) is 0. The van der Waals surface area contributed by atoms with Crippen molar-refractivity contribution in [2.24, 2.45) is 0 Å². The number of aryl methyl sites for hydroxylation is 3. The quantitative estimate of drug-likeness (QED) is 0.283. The molecular weight excluding hydrogens is 397 g/mol. The lowest BCUT2D eigenvalue weighted by molar-refractivity contribution is 0.373. The average molecular weight is 423 g/mol. The van der Waals surface area contributed by atoms with Gasteiger partial charge in [-0.3, -0.25) is 4.57 Å². The molecule has 4 rings (SSSR count). The molecule has 30 heavy (non-hydrogen) atoms. The molecule has 3 aromatic carbocycles. The van der Waals surface area contributed by atoms with Gasteiger partial charge in [-0.25, -0.2) is 0 Å². The van der Waals surface area contributed by atoms with Gasteiger partial charge >= 0.3 is 7.60 Å². The second-order valence-electron chi connectivity index (χ2n) is 7.90. The molecule has 0 aromatic heterocycles. The van der Waals surface area contributed by atoms with E-state index in [1.165, 1.54) is 0 Å². The van der Waals surface area contributed by atoms with E-state index in [0.29, 0.717) is 12.8 Å². The van der Waals surface area contributed by atoms with Crippen LogP contribution in [0.3, 0.4) is 0 Å². The van der Waals surface area contributed by atoms with Gasteiger partial charge < -0.3 is 26.2 Å². The van der Waals surface area contributed by atoms with Gasteiger partial charge in [0.2, 0.25) is 0 Å². The molecule has 6 N–H and O–H groups in total. The van der Waals surface area contributed by atoms with Gasteiger partial charge in [-0.05, 0) is 61.2 Å². The number of anilines is 5. The Morgan fingerprint density at radius 2 is 1.37 bits per heavy atom. The van der Waals surface area contributed by atoms with Crippen molar-refractivity contribution in [1.29, 1.82) is 0 Å². The van der Waals surface area contributed by atoms with Crippen molar-refractivity contribution in [2.75, 3.05) is 22.5 Å². The highest BCUT2D eigenvalue weighted by molar-refractivity contribution is 7.51. The zero-order valence-corrected chi connectivity index (χ0v) is 18.0. The molecule has 0 atom stereocenters. The lowest BCUT2D eigenvalue weighted by Gasteiger charge is -2.35. The Balaban J connectivity index is 1.81. The largest absolute Gasteiger partial charge is 0.398 e. The Bertz CT molecular complexity index is 1110. The molecule has 0 fully saturated rings. The van der Waals surface area contributed by atoms with Crippen LogP contribution < -0.4 is 16.4 Å². The number of hydrogen-bond acceptors (Lipinski definition) is 4. The van der Waals surface area contributed by atoms with Crippen molar-refractivity contribution in [3.63, 3.8) is 0 Å². The van der Waals surface area contributed by atoms with E-state index < -0.39 is 7.60 Å². The summed E-state index contributed by atoms with van der Waals surface area (Å²) in [5.74, 6) is 0. The highest BCUT2D eigenvalue weighted by atomic mass is 31.2. The molecule has 1 aliphatic rings. The van der Waals surface area contributed by atoms with E-state index in [1.54, 1.807) is 0 Å². The zero-order valence-electron chi connectivity index (χ0n) is 17.1. The Labute approximate surface area is 176 Å². The van der Waals surface area contributed by atoms with Crippen molar-refractivity contribution < 1.29 is 14.4 Å². The summed E-state index contributed by atoms with van der Waals surface area (Å²) in [6.45, 7) is 4.01. The first kappa shape index (κ1) is 20.5. The highest BCUT2D eigenvalue weighted by Gasteiger charge is 2.28. The van der Waals surface area contributed by atoms with E-state index >= 15 is 0 Å². The number of rotatable bonds is 4. The molecule has 7 heteroatoms. The third kappa shape index (κ3) is 3.70. The normalized spacial score (nSPS) is 13.1. The molecule has 0 bridgehead atoms. The van der Waals surface area contributed by atoms with E-state index in [0.717, 1.165) is 56.3 Å². The SMILES string of the molecule is Cc1ccc2c(c1N)Cc1c(ccc(C)c1N)N2c1ccc(CCP(=O)(O)O)cc1. The van der Waals surface area contributed by atoms with Crippen LogP contribution in [0.2, 0.25) is 0 Å². The van der Waals surface area contributed by atoms with Gasteiger partial charge in [0.15, 0.2) is 0 Å². The van der Waals surface area contributed by atoms with E-state index in [9.17, 15) is 4.57 Å². The van der Waals surface area contributed by atoms with Crippen LogP contribution in [0.5, 0.6) is 0 Å². The first-order valence-corrected chi connectivity index (χ1v) is 11.6. The van der Waals surface area contributed by atoms with Crippen LogP contribution in [0.15, 0.2) is 48.5 Å². The fourth-order valence-electron chi connectivity index (χ4n) is 4.00. The minimum atomic E-state index is -4.02. The molecule has 0 amide bonds. The van der Waals surface area contributed by atoms with Gasteiger partial charge in [0.05, 0.1) is 17.5 Å². The molecular formula is C23H26N3O3P. The van der Waals surface area contributed by atoms with E-state index in [2.05, 4.69) is 17.0 Å². The fraction of sp³-hybridized carbons (Fsp3) is 0.217. The second-order valence-corrected chi connectivity index (χ2v) is 9.68. The molecule has 1 aliphatic heterocycles. The number of nitrogen functional groups attached to an aromatic ring is 2. The number of nitrogens with zero attached hydrogens (tertiary/aromatic N) is 1. The van der Waals surface area contributed by atoms with Gasteiger partial charge in [-0.2, -0.15) is 0 Å². The van der Waals surface area contributed by atoms with Gasteiger partial charge in [-0.15, -0.1) is 0 Å². The Morgan fingerprint density at radius 1 is 0.867 bits per heavy atom. The van der Waals surface area contributed by atoms with Crippen LogP contribution in [0, 0.1) is 13.8 Å². The molecule has 3 aromatic rings. The molecule has 0 saturated heterocycles. The Hall–Kier alpha value is -2.79. The lowest BCUT2D eigenvalue weighted by atomic mass is 9.90. The maximum atomic E-state index is 11.2. The summed E-state index contributed by atoms with van der Waals surface area (Å²) in [6, 6.07) is 16.0. The summed E-state index contributed by atoms with van der Waals surface area (Å²) in [7, 11) is -4.02. The molecule has 0 aliphatic carbocycles. The topological polar surface area (TPSA) is 113 Å². The standard InChI is InChI=1S/C23H26N3O3P/c1-14-3-9-20-18(22(14)24)13-19-21(10-4-15(2)23(19)25)26(20)17-7-5-16(6-8-17)11-12-30(27,28)29/h3-10H,11-13,24-25H2,1-2H3,(H2,27,28,29). The van der Waals surface area contributed by atoms with E-state index in [1.807, 2.05) is 50.2 Å². The van der Waals surface area contributed by atoms with Crippen LogP contribution in [-0.4, -0.2) is 15.9 Å². The van der Waals surface area contributed by atoms with Crippen LogP contribution in [0.1, 0.15) is 27.8 Å². The van der Waals surface area contributed by atoms with Crippen molar-refractivity contribution >= 4 is 36.0 Å². The molecule has 6 nitrogen and oxygen atoms in total. The van der Waals surface area contributed by atoms with E-state index in [4.69, 9.17) is 21.3 Å². The third-order valence-electron chi connectivity index (χ3n) is 5.82. The number of fused-ring (bicyclic) bond motifs is 2. The number of hydrogen-bond donors (Lipinski definition) is 4.